The highest BCUT2D eigenvalue weighted by Gasteiger charge is 2.19. The predicted octanol–water partition coefficient (Wildman–Crippen LogP) is 5.09. The minimum atomic E-state index is -0.406. The summed E-state index contributed by atoms with van der Waals surface area (Å²) < 4.78 is 18.5. The van der Waals surface area contributed by atoms with Crippen LogP contribution in [0.4, 0.5) is 15.8 Å². The van der Waals surface area contributed by atoms with Crippen LogP contribution in [-0.2, 0) is 11.3 Å². The molecule has 0 radical (unpaired) electrons. The fraction of sp³-hybridized carbons (Fsp3) is 0.231. The van der Waals surface area contributed by atoms with E-state index in [2.05, 4.69) is 5.32 Å². The second-order valence-corrected chi connectivity index (χ2v) is 8.31. The molecule has 2 amide bonds. The number of ether oxygens (including phenoxy) is 1. The number of nitrogens with one attached hydrogen (secondary N) is 1. The summed E-state index contributed by atoms with van der Waals surface area (Å²) in [5.41, 5.74) is 3.05. The van der Waals surface area contributed by atoms with E-state index in [1.165, 1.54) is 24.3 Å². The molecular formula is C26H27ClFN3O3. The van der Waals surface area contributed by atoms with Crippen LogP contribution < -0.4 is 10.2 Å². The van der Waals surface area contributed by atoms with Gasteiger partial charge in [-0.2, -0.15) is 0 Å². The zero-order valence-corrected chi connectivity index (χ0v) is 20.1. The van der Waals surface area contributed by atoms with Gasteiger partial charge in [0.15, 0.2) is 0 Å². The topological polar surface area (TPSA) is 61.9 Å². The Balaban J connectivity index is 1.89. The van der Waals surface area contributed by atoms with Crippen LogP contribution in [0.1, 0.15) is 26.3 Å². The fourth-order valence-electron chi connectivity index (χ4n) is 3.50. The zero-order valence-electron chi connectivity index (χ0n) is 19.3. The number of benzene rings is 3. The molecule has 0 spiro atoms. The van der Waals surface area contributed by atoms with E-state index >= 15 is 0 Å². The van der Waals surface area contributed by atoms with Crippen molar-refractivity contribution in [2.75, 3.05) is 44.6 Å². The first-order chi connectivity index (χ1) is 16.3. The quantitative estimate of drug-likeness (QED) is 0.460. The van der Waals surface area contributed by atoms with Gasteiger partial charge in [-0.3, -0.25) is 9.59 Å². The van der Waals surface area contributed by atoms with Gasteiger partial charge in [0.1, 0.15) is 5.82 Å². The summed E-state index contributed by atoms with van der Waals surface area (Å²) in [4.78, 5) is 29.5. The van der Waals surface area contributed by atoms with Crippen LogP contribution in [0.3, 0.4) is 0 Å². The molecule has 0 atom stereocenters. The van der Waals surface area contributed by atoms with Gasteiger partial charge in [0.2, 0.25) is 0 Å². The second kappa shape index (κ2) is 11.6. The van der Waals surface area contributed by atoms with Gasteiger partial charge < -0.3 is 19.9 Å². The highest BCUT2D eigenvalue weighted by Crippen LogP contribution is 2.26. The van der Waals surface area contributed by atoms with Crippen molar-refractivity contribution in [3.05, 3.63) is 94.3 Å². The lowest BCUT2D eigenvalue weighted by molar-refractivity contribution is 0.0680. The van der Waals surface area contributed by atoms with E-state index in [-0.39, 0.29) is 18.4 Å². The molecule has 0 bridgehead atoms. The molecule has 0 saturated heterocycles. The van der Waals surface area contributed by atoms with Crippen molar-refractivity contribution in [1.82, 2.24) is 4.90 Å². The molecule has 3 aromatic rings. The third-order valence-corrected chi connectivity index (χ3v) is 5.57. The maximum absolute atomic E-state index is 13.3. The molecule has 0 aromatic heterocycles. The average Bonchev–Trinajstić information content (AvgIpc) is 2.82. The van der Waals surface area contributed by atoms with E-state index in [4.69, 9.17) is 16.3 Å². The lowest BCUT2D eigenvalue weighted by atomic mass is 10.1. The van der Waals surface area contributed by atoms with Crippen LogP contribution in [0.2, 0.25) is 5.02 Å². The molecule has 0 fully saturated rings. The number of carbonyl (C=O) groups is 2. The molecule has 0 unspecified atom stereocenters. The van der Waals surface area contributed by atoms with Gasteiger partial charge in [0.25, 0.3) is 11.8 Å². The number of carbonyl (C=O) groups excluding carboxylic acids is 2. The molecule has 0 aliphatic carbocycles. The Labute approximate surface area is 203 Å². The van der Waals surface area contributed by atoms with Crippen LogP contribution in [-0.4, -0.2) is 51.1 Å². The van der Waals surface area contributed by atoms with E-state index in [0.717, 1.165) is 11.3 Å². The van der Waals surface area contributed by atoms with Gasteiger partial charge in [-0.1, -0.05) is 23.7 Å². The van der Waals surface area contributed by atoms with Gasteiger partial charge in [0.05, 0.1) is 17.2 Å². The molecule has 3 aromatic carbocycles. The number of rotatable bonds is 9. The van der Waals surface area contributed by atoms with Crippen molar-refractivity contribution in [3.8, 4) is 0 Å². The van der Waals surface area contributed by atoms with Crippen LogP contribution in [0.5, 0.6) is 0 Å². The molecular weight excluding hydrogens is 457 g/mol. The van der Waals surface area contributed by atoms with Crippen LogP contribution in [0.25, 0.3) is 0 Å². The summed E-state index contributed by atoms with van der Waals surface area (Å²) in [7, 11) is 5.38. The number of hydrogen-bond donors (Lipinski definition) is 1. The zero-order chi connectivity index (χ0) is 24.7. The van der Waals surface area contributed by atoms with Gasteiger partial charge in [-0.25, -0.2) is 4.39 Å². The maximum atomic E-state index is 13.3. The molecule has 0 aliphatic rings. The Morgan fingerprint density at radius 1 is 1.03 bits per heavy atom. The summed E-state index contributed by atoms with van der Waals surface area (Å²) in [5.74, 6) is -0.975. The van der Waals surface area contributed by atoms with E-state index < -0.39 is 5.82 Å². The molecule has 178 valence electrons. The lowest BCUT2D eigenvalue weighted by Crippen LogP contribution is -2.34. The second-order valence-electron chi connectivity index (χ2n) is 7.90. The summed E-state index contributed by atoms with van der Waals surface area (Å²) >= 11 is 6.16. The van der Waals surface area contributed by atoms with Crippen molar-refractivity contribution < 1.29 is 18.7 Å². The maximum Gasteiger partial charge on any atom is 0.257 e. The van der Waals surface area contributed by atoms with Crippen molar-refractivity contribution in [2.24, 2.45) is 0 Å². The van der Waals surface area contributed by atoms with Crippen LogP contribution in [0, 0.1) is 5.82 Å². The largest absolute Gasteiger partial charge is 0.383 e. The first-order valence-corrected chi connectivity index (χ1v) is 11.1. The van der Waals surface area contributed by atoms with Crippen molar-refractivity contribution in [3.63, 3.8) is 0 Å². The molecule has 3 rings (SSSR count). The van der Waals surface area contributed by atoms with Gasteiger partial charge in [-0.05, 0) is 60.2 Å². The van der Waals surface area contributed by atoms with E-state index in [9.17, 15) is 14.0 Å². The number of amides is 2. The number of methoxy groups -OCH3 is 1. The Morgan fingerprint density at radius 3 is 2.38 bits per heavy atom. The monoisotopic (exact) mass is 483 g/mol. The highest BCUT2D eigenvalue weighted by molar-refractivity contribution is 6.34. The van der Waals surface area contributed by atoms with Gasteiger partial charge in [0, 0.05) is 51.2 Å². The van der Waals surface area contributed by atoms with Crippen LogP contribution >= 0.6 is 11.6 Å². The highest BCUT2D eigenvalue weighted by atomic mass is 35.5. The number of anilines is 2. The Kier molecular flexibility index (Phi) is 8.62. The SMILES string of the molecule is COCCN(Cc1cc(NC(=O)c2ccccc2Cl)ccc1N(C)C)C(=O)c1ccc(F)cc1. The summed E-state index contributed by atoms with van der Waals surface area (Å²) in [5, 5.41) is 3.24. The first-order valence-electron chi connectivity index (χ1n) is 10.7. The normalized spacial score (nSPS) is 10.6. The summed E-state index contributed by atoms with van der Waals surface area (Å²) in [6.07, 6.45) is 0. The summed E-state index contributed by atoms with van der Waals surface area (Å²) in [6, 6.07) is 17.8. The van der Waals surface area contributed by atoms with E-state index in [0.29, 0.717) is 35.0 Å². The molecule has 34 heavy (non-hydrogen) atoms. The van der Waals surface area contributed by atoms with Crippen molar-refractivity contribution >= 4 is 34.8 Å². The molecule has 8 heteroatoms. The Bertz CT molecular complexity index is 1150. The summed E-state index contributed by atoms with van der Waals surface area (Å²) in [6.45, 7) is 0.950. The standard InChI is InChI=1S/C26H27ClFN3O3/c1-30(2)24-13-12-21(29-25(32)22-6-4-5-7-23(22)27)16-19(24)17-31(14-15-34-3)26(33)18-8-10-20(28)11-9-18/h4-13,16H,14-15,17H2,1-3H3,(H,29,32). The van der Waals surface area contributed by atoms with Gasteiger partial charge in [-0.15, -0.1) is 0 Å². The predicted molar refractivity (Wildman–Crippen MR) is 133 cm³/mol. The lowest BCUT2D eigenvalue weighted by Gasteiger charge is -2.26. The molecule has 0 heterocycles. The smallest absolute Gasteiger partial charge is 0.257 e. The minimum Gasteiger partial charge on any atom is -0.383 e. The Hall–Kier alpha value is -3.42. The third kappa shape index (κ3) is 6.34. The molecule has 0 saturated carbocycles. The Morgan fingerprint density at radius 2 is 1.74 bits per heavy atom. The number of hydrogen-bond acceptors (Lipinski definition) is 4. The van der Waals surface area contributed by atoms with E-state index in [1.54, 1.807) is 42.3 Å². The first kappa shape index (κ1) is 25.2. The molecule has 1 N–H and O–H groups in total. The number of halogens is 2. The van der Waals surface area contributed by atoms with Crippen molar-refractivity contribution in [2.45, 2.75) is 6.54 Å². The minimum absolute atomic E-state index is 0.243. The average molecular weight is 484 g/mol. The fourth-order valence-corrected chi connectivity index (χ4v) is 3.73. The third-order valence-electron chi connectivity index (χ3n) is 5.24. The number of nitrogens with zero attached hydrogens (tertiary/aromatic N) is 2. The van der Waals surface area contributed by atoms with Crippen LogP contribution in [0.15, 0.2) is 66.7 Å². The molecule has 0 aliphatic heterocycles. The van der Waals surface area contributed by atoms with E-state index in [1.807, 2.05) is 31.1 Å². The molecule has 6 nitrogen and oxygen atoms in total. The van der Waals surface area contributed by atoms with Gasteiger partial charge >= 0.3 is 0 Å². The van der Waals surface area contributed by atoms with Crippen molar-refractivity contribution in [1.29, 1.82) is 0 Å².